The zero-order valence-electron chi connectivity index (χ0n) is 23.7. The van der Waals surface area contributed by atoms with Gasteiger partial charge < -0.3 is 25.1 Å². The van der Waals surface area contributed by atoms with E-state index in [4.69, 9.17) is 9.15 Å². The number of carbonyl (C=O) groups excluding carboxylic acids is 3. The van der Waals surface area contributed by atoms with Gasteiger partial charge >= 0.3 is 0 Å². The van der Waals surface area contributed by atoms with E-state index in [1.807, 2.05) is 60.7 Å². The fourth-order valence-corrected chi connectivity index (χ4v) is 5.24. The molecule has 0 saturated heterocycles. The van der Waals surface area contributed by atoms with Crippen molar-refractivity contribution in [1.82, 2.24) is 5.32 Å². The molecule has 1 atom stereocenters. The SMILES string of the molecule is COc1cccc(NC(=O)C(Sc2ccc(NC(=O)/C(=C/c3ccco3)NC(=O)c3ccccc3)cc2)c2ccccc2)c1. The molecule has 9 heteroatoms. The van der Waals surface area contributed by atoms with Crippen LogP contribution in [-0.4, -0.2) is 24.8 Å². The third-order valence-electron chi connectivity index (χ3n) is 6.40. The monoisotopic (exact) mass is 603 g/mol. The highest BCUT2D eigenvalue weighted by atomic mass is 32.2. The van der Waals surface area contributed by atoms with Gasteiger partial charge in [-0.25, -0.2) is 0 Å². The molecule has 1 heterocycles. The molecule has 3 amide bonds. The second-order valence-electron chi connectivity index (χ2n) is 9.50. The molecule has 220 valence electrons. The Morgan fingerprint density at radius 2 is 1.50 bits per heavy atom. The number of rotatable bonds is 11. The lowest BCUT2D eigenvalue weighted by atomic mass is 10.1. The number of methoxy groups -OCH3 is 1. The number of amides is 3. The van der Waals surface area contributed by atoms with E-state index in [0.717, 1.165) is 10.5 Å². The maximum Gasteiger partial charge on any atom is 0.272 e. The molecule has 3 N–H and O–H groups in total. The number of hydrogen-bond donors (Lipinski definition) is 3. The largest absolute Gasteiger partial charge is 0.497 e. The van der Waals surface area contributed by atoms with Gasteiger partial charge in [0.15, 0.2) is 0 Å². The van der Waals surface area contributed by atoms with E-state index in [9.17, 15) is 14.4 Å². The molecule has 0 saturated carbocycles. The van der Waals surface area contributed by atoms with Crippen LogP contribution in [0.25, 0.3) is 6.08 Å². The van der Waals surface area contributed by atoms with E-state index < -0.39 is 17.1 Å². The fourth-order valence-electron chi connectivity index (χ4n) is 4.22. The van der Waals surface area contributed by atoms with Crippen molar-refractivity contribution in [2.24, 2.45) is 0 Å². The lowest BCUT2D eigenvalue weighted by molar-refractivity contribution is -0.116. The lowest BCUT2D eigenvalue weighted by Crippen LogP contribution is -2.30. The Hall–Kier alpha value is -5.54. The molecule has 0 aliphatic heterocycles. The molecule has 0 radical (unpaired) electrons. The zero-order valence-corrected chi connectivity index (χ0v) is 24.5. The highest BCUT2D eigenvalue weighted by Gasteiger charge is 2.23. The van der Waals surface area contributed by atoms with Crippen LogP contribution in [0.4, 0.5) is 11.4 Å². The standard InChI is InChI=1S/C35H29N3O5S/c1-42-28-15-8-14-27(22-28)37-35(41)32(24-10-4-2-5-11-24)44-30-19-17-26(18-20-30)36-34(40)31(23-29-16-9-21-43-29)38-33(39)25-12-6-3-7-13-25/h2-23,32H,1H3,(H,36,40)(H,37,41)(H,38,39)/b31-23-. The minimum atomic E-state index is -0.543. The smallest absolute Gasteiger partial charge is 0.272 e. The molecule has 5 aromatic rings. The zero-order chi connectivity index (χ0) is 30.7. The number of thioether (sulfide) groups is 1. The topological polar surface area (TPSA) is 110 Å². The molecule has 4 aromatic carbocycles. The molecule has 0 fully saturated rings. The van der Waals surface area contributed by atoms with Crippen LogP contribution >= 0.6 is 11.8 Å². The molecule has 5 rings (SSSR count). The maximum atomic E-state index is 13.4. The van der Waals surface area contributed by atoms with E-state index in [1.54, 1.807) is 67.8 Å². The van der Waals surface area contributed by atoms with Crippen LogP contribution in [0.15, 0.2) is 143 Å². The minimum absolute atomic E-state index is 0.0191. The summed E-state index contributed by atoms with van der Waals surface area (Å²) in [5.41, 5.74) is 2.42. The Morgan fingerprint density at radius 1 is 0.773 bits per heavy atom. The molecule has 0 bridgehead atoms. The van der Waals surface area contributed by atoms with Crippen LogP contribution in [0.1, 0.15) is 26.9 Å². The highest BCUT2D eigenvalue weighted by molar-refractivity contribution is 8.00. The number of furan rings is 1. The number of ether oxygens (including phenoxy) is 1. The average molecular weight is 604 g/mol. The number of hydrogen-bond acceptors (Lipinski definition) is 6. The highest BCUT2D eigenvalue weighted by Crippen LogP contribution is 2.37. The van der Waals surface area contributed by atoms with Crippen molar-refractivity contribution in [3.63, 3.8) is 0 Å². The third kappa shape index (κ3) is 8.05. The number of benzene rings is 4. The molecular weight excluding hydrogens is 574 g/mol. The van der Waals surface area contributed by atoms with Crippen molar-refractivity contribution >= 4 is 46.9 Å². The van der Waals surface area contributed by atoms with Crippen molar-refractivity contribution in [2.75, 3.05) is 17.7 Å². The van der Waals surface area contributed by atoms with Gasteiger partial charge in [0.25, 0.3) is 11.8 Å². The van der Waals surface area contributed by atoms with Gasteiger partial charge in [-0.2, -0.15) is 0 Å². The van der Waals surface area contributed by atoms with Crippen LogP contribution < -0.4 is 20.7 Å². The van der Waals surface area contributed by atoms with Crippen molar-refractivity contribution in [3.05, 3.63) is 150 Å². The Balaban J connectivity index is 1.30. The summed E-state index contributed by atoms with van der Waals surface area (Å²) in [5.74, 6) is -0.0790. The first-order chi connectivity index (χ1) is 21.5. The van der Waals surface area contributed by atoms with Crippen LogP contribution in [0.3, 0.4) is 0 Å². The Bertz CT molecular complexity index is 1740. The molecule has 0 aliphatic rings. The number of anilines is 2. The maximum absolute atomic E-state index is 13.4. The first-order valence-electron chi connectivity index (χ1n) is 13.7. The second kappa shape index (κ2) is 14.6. The average Bonchev–Trinajstić information content (AvgIpc) is 3.58. The van der Waals surface area contributed by atoms with E-state index >= 15 is 0 Å². The lowest BCUT2D eigenvalue weighted by Gasteiger charge is -2.18. The van der Waals surface area contributed by atoms with Gasteiger partial charge in [0, 0.05) is 34.0 Å². The van der Waals surface area contributed by atoms with E-state index in [1.165, 1.54) is 24.1 Å². The molecule has 0 aliphatic carbocycles. The molecular formula is C35H29N3O5S. The van der Waals surface area contributed by atoms with Crippen LogP contribution in [-0.2, 0) is 9.59 Å². The molecule has 44 heavy (non-hydrogen) atoms. The Morgan fingerprint density at radius 3 is 2.18 bits per heavy atom. The van der Waals surface area contributed by atoms with Crippen molar-refractivity contribution in [2.45, 2.75) is 10.1 Å². The summed E-state index contributed by atoms with van der Waals surface area (Å²) in [4.78, 5) is 40.3. The fraction of sp³-hybridized carbons (Fsp3) is 0.0571. The van der Waals surface area contributed by atoms with Crippen LogP contribution in [0, 0.1) is 0 Å². The Labute approximate surface area is 259 Å². The van der Waals surface area contributed by atoms with E-state index in [0.29, 0.717) is 28.4 Å². The summed E-state index contributed by atoms with van der Waals surface area (Å²) < 4.78 is 10.6. The van der Waals surface area contributed by atoms with Crippen molar-refractivity contribution < 1.29 is 23.5 Å². The summed E-state index contributed by atoms with van der Waals surface area (Å²) in [6, 6.07) is 35.8. The summed E-state index contributed by atoms with van der Waals surface area (Å²) in [6.45, 7) is 0. The summed E-state index contributed by atoms with van der Waals surface area (Å²) in [7, 11) is 1.58. The predicted molar refractivity (Wildman–Crippen MR) is 172 cm³/mol. The first kappa shape index (κ1) is 29.9. The molecule has 0 spiro atoms. The Kier molecular flexibility index (Phi) is 9.91. The summed E-state index contributed by atoms with van der Waals surface area (Å²) in [5, 5.41) is 7.95. The van der Waals surface area contributed by atoms with Gasteiger partial charge in [0.2, 0.25) is 5.91 Å². The van der Waals surface area contributed by atoms with Gasteiger partial charge in [-0.15, -0.1) is 11.8 Å². The van der Waals surface area contributed by atoms with E-state index in [-0.39, 0.29) is 11.6 Å². The molecule has 1 unspecified atom stereocenters. The van der Waals surface area contributed by atoms with Gasteiger partial charge in [-0.3, -0.25) is 14.4 Å². The predicted octanol–water partition coefficient (Wildman–Crippen LogP) is 7.17. The molecule has 1 aromatic heterocycles. The van der Waals surface area contributed by atoms with Gasteiger partial charge in [-0.05, 0) is 66.2 Å². The first-order valence-corrected chi connectivity index (χ1v) is 14.6. The molecule has 8 nitrogen and oxygen atoms in total. The van der Waals surface area contributed by atoms with Gasteiger partial charge in [0.1, 0.15) is 22.5 Å². The quantitative estimate of drug-likeness (QED) is 0.109. The van der Waals surface area contributed by atoms with E-state index in [2.05, 4.69) is 16.0 Å². The summed E-state index contributed by atoms with van der Waals surface area (Å²) in [6.07, 6.45) is 2.95. The van der Waals surface area contributed by atoms with Crippen LogP contribution in [0.5, 0.6) is 5.75 Å². The van der Waals surface area contributed by atoms with Gasteiger partial charge in [0.05, 0.1) is 13.4 Å². The van der Waals surface area contributed by atoms with Gasteiger partial charge in [-0.1, -0.05) is 54.6 Å². The summed E-state index contributed by atoms with van der Waals surface area (Å²) >= 11 is 1.39. The number of carbonyl (C=O) groups is 3. The third-order valence-corrected chi connectivity index (χ3v) is 7.67. The van der Waals surface area contributed by atoms with Crippen LogP contribution in [0.2, 0.25) is 0 Å². The minimum Gasteiger partial charge on any atom is -0.497 e. The second-order valence-corrected chi connectivity index (χ2v) is 10.7. The van der Waals surface area contributed by atoms with Crippen molar-refractivity contribution in [1.29, 1.82) is 0 Å². The van der Waals surface area contributed by atoms with Crippen molar-refractivity contribution in [3.8, 4) is 5.75 Å². The number of nitrogens with one attached hydrogen (secondary N) is 3. The normalized spacial score (nSPS) is 11.7.